The second-order valence-electron chi connectivity index (χ2n) is 5.32. The first-order chi connectivity index (χ1) is 9.08. The van der Waals surface area contributed by atoms with Crippen LogP contribution in [0.5, 0.6) is 5.75 Å². The fraction of sp³-hybridized carbons (Fsp3) is 0.533. The predicted molar refractivity (Wildman–Crippen MR) is 84.3 cm³/mol. The summed E-state index contributed by atoms with van der Waals surface area (Å²) in [5, 5.41) is 12.8. The Labute approximate surface area is 127 Å². The molecule has 3 nitrogen and oxygen atoms in total. The summed E-state index contributed by atoms with van der Waals surface area (Å²) in [5.41, 5.74) is 0.370. The molecule has 104 valence electrons. The van der Waals surface area contributed by atoms with Gasteiger partial charge in [0.25, 0.3) is 5.91 Å². The summed E-state index contributed by atoms with van der Waals surface area (Å²) in [4.78, 5) is 12.2. The van der Waals surface area contributed by atoms with E-state index in [0.717, 1.165) is 3.57 Å². The Hall–Kier alpha value is -0.780. The summed E-state index contributed by atoms with van der Waals surface area (Å²) in [6.07, 6.45) is 6.23. The van der Waals surface area contributed by atoms with Gasteiger partial charge in [0.2, 0.25) is 0 Å². The molecule has 0 spiro atoms. The number of rotatable bonds is 3. The molecule has 1 aromatic carbocycles. The summed E-state index contributed by atoms with van der Waals surface area (Å²) in [6.45, 7) is 2.07. The Balaban J connectivity index is 2.01. The second kappa shape index (κ2) is 6.59. The smallest absolute Gasteiger partial charge is 0.255 e. The van der Waals surface area contributed by atoms with Crippen LogP contribution in [0.15, 0.2) is 18.2 Å². The average molecular weight is 373 g/mol. The molecule has 2 rings (SSSR count). The third-order valence-electron chi connectivity index (χ3n) is 3.92. The molecule has 1 aromatic rings. The third kappa shape index (κ3) is 3.84. The molecule has 1 amide bonds. The van der Waals surface area contributed by atoms with Crippen LogP contribution in [-0.2, 0) is 0 Å². The number of nitrogens with one attached hydrogen (secondary N) is 1. The normalized spacial score (nSPS) is 18.0. The Morgan fingerprint density at radius 1 is 1.37 bits per heavy atom. The summed E-state index contributed by atoms with van der Waals surface area (Å²) in [7, 11) is 0. The number of amides is 1. The maximum Gasteiger partial charge on any atom is 0.255 e. The highest BCUT2D eigenvalue weighted by atomic mass is 127. The van der Waals surface area contributed by atoms with E-state index in [1.54, 1.807) is 18.2 Å². The minimum absolute atomic E-state index is 0.0498. The van der Waals surface area contributed by atoms with Gasteiger partial charge in [-0.3, -0.25) is 4.79 Å². The molecule has 0 heterocycles. The Morgan fingerprint density at radius 3 is 2.74 bits per heavy atom. The van der Waals surface area contributed by atoms with Gasteiger partial charge in [0.05, 0.1) is 5.56 Å². The molecule has 1 atom stereocenters. The molecule has 1 aliphatic carbocycles. The summed E-state index contributed by atoms with van der Waals surface area (Å²) < 4.78 is 0.950. The van der Waals surface area contributed by atoms with Crippen molar-refractivity contribution in [2.24, 2.45) is 5.92 Å². The Morgan fingerprint density at radius 2 is 2.05 bits per heavy atom. The van der Waals surface area contributed by atoms with E-state index in [1.807, 2.05) is 0 Å². The van der Waals surface area contributed by atoms with Crippen molar-refractivity contribution in [2.45, 2.75) is 45.1 Å². The molecule has 4 heteroatoms. The molecule has 0 saturated heterocycles. The maximum absolute atomic E-state index is 12.2. The first-order valence-electron chi connectivity index (χ1n) is 6.87. The van der Waals surface area contributed by atoms with E-state index < -0.39 is 0 Å². The number of hydrogen-bond acceptors (Lipinski definition) is 2. The quantitative estimate of drug-likeness (QED) is 0.794. The Kier molecular flexibility index (Phi) is 5.07. The van der Waals surface area contributed by atoms with Gasteiger partial charge in [-0.05, 0) is 66.5 Å². The van der Waals surface area contributed by atoms with E-state index in [0.29, 0.717) is 11.5 Å². The van der Waals surface area contributed by atoms with Gasteiger partial charge in [-0.2, -0.15) is 0 Å². The highest BCUT2D eigenvalue weighted by Crippen LogP contribution is 2.27. The largest absolute Gasteiger partial charge is 0.507 e. The number of halogens is 1. The zero-order valence-corrected chi connectivity index (χ0v) is 13.3. The van der Waals surface area contributed by atoms with Crippen LogP contribution in [0.3, 0.4) is 0 Å². The van der Waals surface area contributed by atoms with Gasteiger partial charge in [0.15, 0.2) is 0 Å². The van der Waals surface area contributed by atoms with Crippen LogP contribution in [0.2, 0.25) is 0 Å². The fourth-order valence-electron chi connectivity index (χ4n) is 2.73. The number of phenolic OH excluding ortho intramolecular Hbond substituents is 1. The molecule has 0 aromatic heterocycles. The van der Waals surface area contributed by atoms with Crippen molar-refractivity contribution in [2.75, 3.05) is 0 Å². The number of benzene rings is 1. The molecule has 1 saturated carbocycles. The Bertz CT molecular complexity index is 455. The number of aromatic hydroxyl groups is 1. The highest BCUT2D eigenvalue weighted by molar-refractivity contribution is 14.1. The highest BCUT2D eigenvalue weighted by Gasteiger charge is 2.22. The lowest BCUT2D eigenvalue weighted by Crippen LogP contribution is -2.38. The van der Waals surface area contributed by atoms with Crippen molar-refractivity contribution >= 4 is 28.5 Å². The third-order valence-corrected chi connectivity index (χ3v) is 4.59. The van der Waals surface area contributed by atoms with Gasteiger partial charge in [-0.1, -0.05) is 19.3 Å². The summed E-state index contributed by atoms with van der Waals surface area (Å²) in [5.74, 6) is 0.450. The van der Waals surface area contributed by atoms with E-state index in [1.165, 1.54) is 32.1 Å². The molecular formula is C15H20INO2. The SMILES string of the molecule is CC(NC(=O)c1cc(I)ccc1O)C1CCCCC1. The van der Waals surface area contributed by atoms with Crippen molar-refractivity contribution in [3.63, 3.8) is 0 Å². The van der Waals surface area contributed by atoms with Crippen LogP contribution in [0.25, 0.3) is 0 Å². The summed E-state index contributed by atoms with van der Waals surface area (Å²) in [6, 6.07) is 5.25. The van der Waals surface area contributed by atoms with Crippen LogP contribution >= 0.6 is 22.6 Å². The minimum Gasteiger partial charge on any atom is -0.507 e. The lowest BCUT2D eigenvalue weighted by atomic mass is 9.84. The van der Waals surface area contributed by atoms with E-state index in [9.17, 15) is 9.90 Å². The maximum atomic E-state index is 12.2. The van der Waals surface area contributed by atoms with Gasteiger partial charge in [0, 0.05) is 9.61 Å². The number of carbonyl (C=O) groups excluding carboxylic acids is 1. The van der Waals surface area contributed by atoms with E-state index in [4.69, 9.17) is 0 Å². The molecule has 1 fully saturated rings. The number of carbonyl (C=O) groups is 1. The van der Waals surface area contributed by atoms with Crippen molar-refractivity contribution in [1.29, 1.82) is 0 Å². The van der Waals surface area contributed by atoms with Gasteiger partial charge in [-0.25, -0.2) is 0 Å². The monoisotopic (exact) mass is 373 g/mol. The molecule has 1 unspecified atom stereocenters. The van der Waals surface area contributed by atoms with Crippen molar-refractivity contribution < 1.29 is 9.90 Å². The number of phenols is 1. The van der Waals surface area contributed by atoms with Crippen LogP contribution in [0.4, 0.5) is 0 Å². The van der Waals surface area contributed by atoms with Gasteiger partial charge in [-0.15, -0.1) is 0 Å². The lowest BCUT2D eigenvalue weighted by Gasteiger charge is -2.28. The molecule has 19 heavy (non-hydrogen) atoms. The molecule has 0 aliphatic heterocycles. The molecular weight excluding hydrogens is 353 g/mol. The van der Waals surface area contributed by atoms with Crippen LogP contribution in [0, 0.1) is 9.49 Å². The molecule has 0 radical (unpaired) electrons. The zero-order chi connectivity index (χ0) is 13.8. The molecule has 0 bridgehead atoms. The first-order valence-corrected chi connectivity index (χ1v) is 7.95. The van der Waals surface area contributed by atoms with E-state index in [-0.39, 0.29) is 17.7 Å². The first kappa shape index (κ1) is 14.6. The van der Waals surface area contributed by atoms with Crippen LogP contribution < -0.4 is 5.32 Å². The van der Waals surface area contributed by atoms with Crippen molar-refractivity contribution in [3.8, 4) is 5.75 Å². The predicted octanol–water partition coefficient (Wildman–Crippen LogP) is 3.70. The standard InChI is InChI=1S/C15H20INO2/c1-10(11-5-3-2-4-6-11)17-15(19)13-9-12(16)7-8-14(13)18/h7-11,18H,2-6H2,1H3,(H,17,19). The lowest BCUT2D eigenvalue weighted by molar-refractivity contribution is 0.0916. The van der Waals surface area contributed by atoms with Gasteiger partial charge < -0.3 is 10.4 Å². The van der Waals surface area contributed by atoms with Gasteiger partial charge >= 0.3 is 0 Å². The average Bonchev–Trinajstić information content (AvgIpc) is 2.42. The number of hydrogen-bond donors (Lipinski definition) is 2. The summed E-state index contributed by atoms with van der Waals surface area (Å²) >= 11 is 2.14. The van der Waals surface area contributed by atoms with Gasteiger partial charge in [0.1, 0.15) is 5.75 Å². The zero-order valence-electron chi connectivity index (χ0n) is 11.2. The fourth-order valence-corrected chi connectivity index (χ4v) is 3.22. The van der Waals surface area contributed by atoms with E-state index in [2.05, 4.69) is 34.8 Å². The van der Waals surface area contributed by atoms with Crippen LogP contribution in [-0.4, -0.2) is 17.1 Å². The topological polar surface area (TPSA) is 49.3 Å². The molecule has 2 N–H and O–H groups in total. The van der Waals surface area contributed by atoms with E-state index >= 15 is 0 Å². The van der Waals surface area contributed by atoms with Crippen LogP contribution in [0.1, 0.15) is 49.4 Å². The second-order valence-corrected chi connectivity index (χ2v) is 6.57. The minimum atomic E-state index is -0.172. The van der Waals surface area contributed by atoms with Crippen molar-refractivity contribution in [1.82, 2.24) is 5.32 Å². The van der Waals surface area contributed by atoms with Crippen molar-refractivity contribution in [3.05, 3.63) is 27.3 Å². The molecule has 1 aliphatic rings.